The molecule has 1 amide bonds. The molecule has 0 saturated heterocycles. The van der Waals surface area contributed by atoms with Gasteiger partial charge < -0.3 is 5.32 Å². The van der Waals surface area contributed by atoms with Crippen LogP contribution in [-0.4, -0.2) is 21.7 Å². The number of benzene rings is 1. The molecule has 6 heteroatoms. The van der Waals surface area contributed by atoms with Crippen LogP contribution >= 0.6 is 8.19 Å². The summed E-state index contributed by atoms with van der Waals surface area (Å²) in [5, 5.41) is 2.95. The smallest absolute Gasteiger partial charge is 0.276 e. The Hall–Kier alpha value is -3.43. The lowest BCUT2D eigenvalue weighted by Crippen LogP contribution is -2.18. The van der Waals surface area contributed by atoms with Gasteiger partial charge >= 0.3 is 0 Å². The van der Waals surface area contributed by atoms with E-state index in [1.54, 1.807) is 13.1 Å². The van der Waals surface area contributed by atoms with Crippen LogP contribution in [0, 0.1) is 0 Å². The summed E-state index contributed by atoms with van der Waals surface area (Å²) in [6, 6.07) is 13.7. The Balaban J connectivity index is 1.72. The van der Waals surface area contributed by atoms with E-state index in [0.29, 0.717) is 29.1 Å². The number of hydrogen-bond acceptors (Lipinski definition) is 4. The van der Waals surface area contributed by atoms with Crippen LogP contribution < -0.4 is 5.32 Å². The second-order valence-electron chi connectivity index (χ2n) is 7.69. The first-order chi connectivity index (χ1) is 15.6. The number of amides is 1. The summed E-state index contributed by atoms with van der Waals surface area (Å²) in [5.41, 5.74) is 4.99. The minimum atomic E-state index is -0.283. The lowest BCUT2D eigenvalue weighted by molar-refractivity contribution is -0.113. The largest absolute Gasteiger partial charge is 0.320 e. The summed E-state index contributed by atoms with van der Waals surface area (Å²) in [4.78, 5) is 34.6. The van der Waals surface area contributed by atoms with E-state index in [4.69, 9.17) is 4.98 Å². The molecule has 32 heavy (non-hydrogen) atoms. The molecule has 2 heterocycles. The molecule has 0 bridgehead atoms. The molecule has 4 rings (SSSR count). The van der Waals surface area contributed by atoms with Gasteiger partial charge in [-0.05, 0) is 61.1 Å². The van der Waals surface area contributed by atoms with Crippen LogP contribution in [0.4, 0.5) is 5.69 Å². The minimum absolute atomic E-state index is 0.0306. The topological polar surface area (TPSA) is 72.0 Å². The monoisotopic (exact) mass is 441 g/mol. The third-order valence-corrected chi connectivity index (χ3v) is 6.05. The van der Waals surface area contributed by atoms with Gasteiger partial charge in [-0.25, -0.2) is 4.98 Å². The van der Waals surface area contributed by atoms with Gasteiger partial charge in [0.05, 0.1) is 17.6 Å². The van der Waals surface area contributed by atoms with Crippen LogP contribution in [0.5, 0.6) is 0 Å². The van der Waals surface area contributed by atoms with Crippen molar-refractivity contribution in [2.75, 3.05) is 5.32 Å². The Bertz CT molecular complexity index is 1190. The van der Waals surface area contributed by atoms with Gasteiger partial charge in [0.2, 0.25) is 0 Å². The molecule has 0 radical (unpaired) electrons. The summed E-state index contributed by atoms with van der Waals surface area (Å²) >= 11 is 0. The first-order valence-electron chi connectivity index (χ1n) is 10.6. The predicted octanol–water partition coefficient (Wildman–Crippen LogP) is 5.98. The normalized spacial score (nSPS) is 13.8. The first kappa shape index (κ1) is 21.8. The summed E-state index contributed by atoms with van der Waals surface area (Å²) in [5.74, 6) is 3.68. The standard InChI is InChI=1S/C26H24N3O2P/c1-18(30)20-10-5-6-11-21(15-20)24-16-27-23(14-19-8-3-2-4-9-19)25(29-24)26(31)28-22-12-7-13-32-17-22/h2-4,7-10,12-13,15-17H,5-6,11,14H2,1H3,(H,28,31). The van der Waals surface area contributed by atoms with Crippen LogP contribution in [-0.2, 0) is 11.2 Å². The van der Waals surface area contributed by atoms with Crippen molar-refractivity contribution < 1.29 is 9.59 Å². The average molecular weight is 441 g/mol. The quantitative estimate of drug-likeness (QED) is 0.511. The van der Waals surface area contributed by atoms with Crippen LogP contribution in [0.1, 0.15) is 53.6 Å². The number of carbonyl (C=O) groups is 2. The summed E-state index contributed by atoms with van der Waals surface area (Å²) < 4.78 is 0. The molecular weight excluding hydrogens is 417 g/mol. The maximum atomic E-state index is 13.2. The average Bonchev–Trinajstić information content (AvgIpc) is 3.07. The molecule has 3 aromatic rings. The molecule has 160 valence electrons. The lowest BCUT2D eigenvalue weighted by Gasteiger charge is -2.12. The van der Waals surface area contributed by atoms with Crippen molar-refractivity contribution in [3.63, 3.8) is 0 Å². The van der Waals surface area contributed by atoms with Gasteiger partial charge in [0.1, 0.15) is 0 Å². The van der Waals surface area contributed by atoms with E-state index < -0.39 is 0 Å². The maximum absolute atomic E-state index is 13.2. The molecule has 1 N–H and O–H groups in total. The first-order valence-corrected chi connectivity index (χ1v) is 11.7. The molecule has 1 aliphatic rings. The summed E-state index contributed by atoms with van der Waals surface area (Å²) in [6.07, 6.45) is 8.64. The number of nitrogens with zero attached hydrogens (tertiary/aromatic N) is 2. The van der Waals surface area contributed by atoms with E-state index in [0.717, 1.165) is 44.3 Å². The van der Waals surface area contributed by atoms with Gasteiger partial charge in [-0.2, -0.15) is 0 Å². The number of carbonyl (C=O) groups excluding carboxylic acids is 2. The SMILES string of the molecule is CC(=O)C1=CCCCC(c2cnc(Cc3ccccc3)c(C(=O)Nc3cccpc3)n2)=C1. The fourth-order valence-corrected chi connectivity index (χ4v) is 4.20. The molecule has 2 aromatic heterocycles. The number of nitrogens with one attached hydrogen (secondary N) is 1. The van der Waals surface area contributed by atoms with Crippen molar-refractivity contribution in [1.29, 1.82) is 0 Å². The molecule has 0 aliphatic heterocycles. The number of hydrogen-bond donors (Lipinski definition) is 1. The van der Waals surface area contributed by atoms with E-state index in [9.17, 15) is 9.59 Å². The van der Waals surface area contributed by atoms with Crippen molar-refractivity contribution >= 4 is 31.1 Å². The van der Waals surface area contributed by atoms with E-state index in [1.165, 1.54) is 0 Å². The number of ketones is 1. The second kappa shape index (κ2) is 10.3. The Morgan fingerprint density at radius 2 is 1.97 bits per heavy atom. The fraction of sp³-hybridized carbons (Fsp3) is 0.192. The third kappa shape index (κ3) is 5.43. The molecule has 1 aliphatic carbocycles. The molecular formula is C26H24N3O2P. The molecule has 0 spiro atoms. The van der Waals surface area contributed by atoms with Crippen molar-refractivity contribution in [3.05, 3.63) is 101 Å². The van der Waals surface area contributed by atoms with Crippen molar-refractivity contribution in [2.45, 2.75) is 32.6 Å². The van der Waals surface area contributed by atoms with Crippen molar-refractivity contribution in [3.8, 4) is 0 Å². The van der Waals surface area contributed by atoms with E-state index in [1.807, 2.05) is 66.2 Å². The number of aromatic nitrogens is 2. The highest BCUT2D eigenvalue weighted by Crippen LogP contribution is 2.26. The fourth-order valence-electron chi connectivity index (χ4n) is 3.61. The van der Waals surface area contributed by atoms with Gasteiger partial charge in [-0.15, -0.1) is 0 Å². The van der Waals surface area contributed by atoms with Gasteiger partial charge in [0, 0.05) is 17.7 Å². The molecule has 5 nitrogen and oxygen atoms in total. The highest BCUT2D eigenvalue weighted by molar-refractivity contribution is 7.28. The third-order valence-electron chi connectivity index (χ3n) is 5.28. The van der Waals surface area contributed by atoms with E-state index >= 15 is 0 Å². The Morgan fingerprint density at radius 1 is 1.12 bits per heavy atom. The minimum Gasteiger partial charge on any atom is -0.320 e. The van der Waals surface area contributed by atoms with Gasteiger partial charge in [-0.1, -0.05) is 50.7 Å². The van der Waals surface area contributed by atoms with Gasteiger partial charge in [0.15, 0.2) is 11.5 Å². The maximum Gasteiger partial charge on any atom is 0.276 e. The predicted molar refractivity (Wildman–Crippen MR) is 129 cm³/mol. The molecule has 0 saturated carbocycles. The Labute approximate surface area is 189 Å². The Morgan fingerprint density at radius 3 is 2.72 bits per heavy atom. The van der Waals surface area contributed by atoms with Crippen LogP contribution in [0.15, 0.2) is 78.0 Å². The van der Waals surface area contributed by atoms with Crippen LogP contribution in [0.25, 0.3) is 5.57 Å². The second-order valence-corrected chi connectivity index (χ2v) is 8.54. The zero-order chi connectivity index (χ0) is 22.3. The van der Waals surface area contributed by atoms with Gasteiger partial charge in [0.25, 0.3) is 5.91 Å². The zero-order valence-electron chi connectivity index (χ0n) is 17.9. The lowest BCUT2D eigenvalue weighted by atomic mass is 10.0. The van der Waals surface area contributed by atoms with Crippen LogP contribution in [0.3, 0.4) is 0 Å². The van der Waals surface area contributed by atoms with E-state index in [-0.39, 0.29) is 11.7 Å². The number of anilines is 1. The van der Waals surface area contributed by atoms with Gasteiger partial charge in [-0.3, -0.25) is 14.6 Å². The molecule has 1 aromatic carbocycles. The highest BCUT2D eigenvalue weighted by atomic mass is 31.0. The molecule has 0 atom stereocenters. The Kier molecular flexibility index (Phi) is 6.98. The number of Topliss-reactive ketones (excluding diaryl/α,β-unsaturated/α-hetero) is 1. The van der Waals surface area contributed by atoms with E-state index in [2.05, 4.69) is 10.3 Å². The van der Waals surface area contributed by atoms with Crippen LogP contribution in [0.2, 0.25) is 0 Å². The zero-order valence-corrected chi connectivity index (χ0v) is 18.8. The van der Waals surface area contributed by atoms with Crippen molar-refractivity contribution in [1.82, 2.24) is 9.97 Å². The number of allylic oxidation sites excluding steroid dienone is 4. The highest BCUT2D eigenvalue weighted by Gasteiger charge is 2.19. The number of rotatable bonds is 6. The summed E-state index contributed by atoms with van der Waals surface area (Å²) in [6.45, 7) is 1.57. The molecule has 0 fully saturated rings. The van der Waals surface area contributed by atoms with Crippen molar-refractivity contribution in [2.24, 2.45) is 0 Å². The molecule has 0 unspecified atom stereocenters. The summed E-state index contributed by atoms with van der Waals surface area (Å²) in [7, 11) is 1.02.